The van der Waals surface area contributed by atoms with Crippen LogP contribution >= 0.6 is 0 Å². The minimum absolute atomic E-state index is 0. The molecule has 300 valence electrons. The van der Waals surface area contributed by atoms with Crippen LogP contribution in [0.2, 0.25) is 0 Å². The van der Waals surface area contributed by atoms with Gasteiger partial charge < -0.3 is 4.57 Å². The van der Waals surface area contributed by atoms with Crippen molar-refractivity contribution in [3.8, 4) is 16.9 Å². The Morgan fingerprint density at radius 1 is 0.667 bits per heavy atom. The molecular weight excluding hydrogens is 928 g/mol. The van der Waals surface area contributed by atoms with E-state index in [1.807, 2.05) is 73.9 Å². The van der Waals surface area contributed by atoms with Gasteiger partial charge in [0.2, 0.25) is 5.69 Å². The second-order valence-corrected chi connectivity index (χ2v) is 17.0. The number of pyridine rings is 2. The predicted octanol–water partition coefficient (Wildman–Crippen LogP) is 13.0. The van der Waals surface area contributed by atoms with Gasteiger partial charge in [-0.1, -0.05) is 117 Å². The van der Waals surface area contributed by atoms with Gasteiger partial charge in [0, 0.05) is 50.5 Å². The summed E-state index contributed by atoms with van der Waals surface area (Å²) in [6.45, 7) is 6.91. The molecule has 0 aliphatic carbocycles. The number of halogens is 2. The molecule has 1 aliphatic heterocycles. The molecule has 1 aliphatic rings. The molecule has 0 saturated carbocycles. The number of aromatic nitrogens is 3. The van der Waals surface area contributed by atoms with E-state index in [9.17, 15) is 0 Å². The number of nitrogens with zero attached hydrogens (tertiary/aromatic N) is 5. The molecule has 9 rings (SSSR count). The molecule has 8 heteroatoms. The molecule has 0 amide bonds. The van der Waals surface area contributed by atoms with Crippen LogP contribution in [0.5, 0.6) is 0 Å². The van der Waals surface area contributed by atoms with Crippen LogP contribution < -0.4 is 9.15 Å². The molecule has 0 saturated heterocycles. The fourth-order valence-electron chi connectivity index (χ4n) is 7.78. The molecule has 60 heavy (non-hydrogen) atoms. The van der Waals surface area contributed by atoms with Gasteiger partial charge in [-0.25, -0.2) is 13.8 Å². The maximum atomic E-state index is 17.6. The molecular formula is C52H45F2N5Pt+2. The first-order valence-electron chi connectivity index (χ1n) is 22.5. The summed E-state index contributed by atoms with van der Waals surface area (Å²) in [6, 6.07) is 40.3. The van der Waals surface area contributed by atoms with Gasteiger partial charge in [0.25, 0.3) is 17.3 Å². The molecule has 0 N–H and O–H groups in total. The Kier molecular flexibility index (Phi) is 8.47. The van der Waals surface area contributed by atoms with E-state index >= 15 is 8.78 Å². The Balaban J connectivity index is 0.00000592. The molecule has 5 nitrogen and oxygen atoms in total. The van der Waals surface area contributed by atoms with Crippen molar-refractivity contribution in [2.24, 2.45) is 0 Å². The Morgan fingerprint density at radius 2 is 1.35 bits per heavy atom. The van der Waals surface area contributed by atoms with E-state index in [0.717, 1.165) is 16.5 Å². The number of rotatable bonds is 6. The molecule has 0 fully saturated rings. The van der Waals surface area contributed by atoms with Crippen LogP contribution in [-0.4, -0.2) is 20.5 Å². The van der Waals surface area contributed by atoms with E-state index in [1.54, 1.807) is 58.1 Å². The summed E-state index contributed by atoms with van der Waals surface area (Å²) >= 11 is 0. The Morgan fingerprint density at radius 3 is 2.05 bits per heavy atom. The first kappa shape index (κ1) is 33.9. The van der Waals surface area contributed by atoms with Crippen molar-refractivity contribution in [3.05, 3.63) is 173 Å². The number of hydrogen-bond donors (Lipinski definition) is 0. The zero-order valence-corrected chi connectivity index (χ0v) is 36.2. The van der Waals surface area contributed by atoms with Crippen molar-refractivity contribution in [2.75, 3.05) is 0 Å². The molecule has 0 bridgehead atoms. The van der Waals surface area contributed by atoms with Crippen LogP contribution in [0, 0.1) is 25.8 Å². The topological polar surface area (TPSA) is 36.7 Å². The standard InChI is InChI=1S/C52H45F2N5.Pt/c1-33-14-13-15-34(2)49(33)41-16-9-10-17-43(41)58-32-57(45-18-11-12-19-46(45)58)39-27-37(51(6,7)8)26-38(28-39)52(53,54)36-20-21-40-42-31-55-24-23-44(42)59(47(40)29-36)48-30-35(22-25-56-48)50(3,4)5;/h9-27,30-31H,1-8H3;/q;+2/i1D3,2D3;. The Hall–Kier alpha value is -5.87. The number of fused-ring (bicyclic) bond motifs is 4. The van der Waals surface area contributed by atoms with Gasteiger partial charge in [-0.15, -0.1) is 17.0 Å². The third-order valence-corrected chi connectivity index (χ3v) is 11.0. The van der Waals surface area contributed by atoms with Crippen molar-refractivity contribution >= 4 is 50.6 Å². The molecule has 0 atom stereocenters. The largest absolute Gasteiger partial charge is 2.00 e. The number of para-hydroxylation sites is 3. The number of benzene rings is 5. The number of alkyl halides is 2. The summed E-state index contributed by atoms with van der Waals surface area (Å²) < 4.78 is 90.7. The smallest absolute Gasteiger partial charge is 0.319 e. The molecule has 5 aromatic carbocycles. The maximum Gasteiger partial charge on any atom is 2.00 e. The van der Waals surface area contributed by atoms with E-state index in [-0.39, 0.29) is 60.0 Å². The van der Waals surface area contributed by atoms with Crippen molar-refractivity contribution in [2.45, 2.75) is 72.0 Å². The summed E-state index contributed by atoms with van der Waals surface area (Å²) in [5.74, 6) is -3.02. The number of hydrogen-bond acceptors (Lipinski definition) is 2. The first-order chi connectivity index (χ1) is 30.5. The van der Waals surface area contributed by atoms with Crippen molar-refractivity contribution in [1.82, 2.24) is 23.7 Å². The van der Waals surface area contributed by atoms with Gasteiger partial charge in [0.05, 0.1) is 5.56 Å². The molecule has 0 spiro atoms. The van der Waals surface area contributed by atoms with Crippen LogP contribution in [0.25, 0.3) is 38.8 Å². The third-order valence-electron chi connectivity index (χ3n) is 11.0. The van der Waals surface area contributed by atoms with Crippen LogP contribution in [0.4, 0.5) is 31.5 Å². The maximum absolute atomic E-state index is 17.6. The summed E-state index contributed by atoms with van der Waals surface area (Å²) in [4.78, 5) is 9.05. The van der Waals surface area contributed by atoms with Gasteiger partial charge in [-0.2, -0.15) is 18.2 Å². The second-order valence-electron chi connectivity index (χ2n) is 17.0. The average Bonchev–Trinajstić information content (AvgIpc) is 3.81. The molecule has 0 unspecified atom stereocenters. The SMILES string of the molecule is [2H]C([2H])([2H])c1cccc(C([2H])([2H])[2H])c1-c1ccccc1[N+]1=C=[N+](c2[c-]c(C(F)(F)c3[c-]c4c(cc3)c3cnccc3n4-c3cc(C(C)(C)C)ccn3)cc(C(C)(C)C)c2)c2ccccc21.[Pt+2]. The van der Waals surface area contributed by atoms with Crippen LogP contribution in [0.1, 0.15) is 83.1 Å². The van der Waals surface area contributed by atoms with Gasteiger partial charge in [0.1, 0.15) is 11.5 Å². The fraction of sp³-hybridized carbons (Fsp3) is 0.212. The van der Waals surface area contributed by atoms with E-state index in [1.165, 1.54) is 30.3 Å². The summed E-state index contributed by atoms with van der Waals surface area (Å²) in [5.41, 5.74) is 3.49. The van der Waals surface area contributed by atoms with Crippen molar-refractivity contribution in [1.29, 1.82) is 0 Å². The van der Waals surface area contributed by atoms with Crippen molar-refractivity contribution in [3.63, 3.8) is 0 Å². The summed E-state index contributed by atoms with van der Waals surface area (Å²) in [6.07, 6.45) is 5.13. The molecule has 4 heterocycles. The normalized spacial score (nSPS) is 14.9. The van der Waals surface area contributed by atoms with Crippen molar-refractivity contribution < 1.29 is 38.1 Å². The predicted molar refractivity (Wildman–Crippen MR) is 237 cm³/mol. The van der Waals surface area contributed by atoms with E-state index in [4.69, 9.17) is 13.2 Å². The van der Waals surface area contributed by atoms with Gasteiger partial charge in [-0.05, 0) is 81.0 Å². The monoisotopic (exact) mass is 978 g/mol. The minimum atomic E-state index is -3.60. The third kappa shape index (κ3) is 6.94. The summed E-state index contributed by atoms with van der Waals surface area (Å²) in [7, 11) is 0. The first-order valence-corrected chi connectivity index (χ1v) is 19.5. The minimum Gasteiger partial charge on any atom is -0.319 e. The molecule has 0 radical (unpaired) electrons. The van der Waals surface area contributed by atoms with E-state index in [0.29, 0.717) is 44.9 Å². The zero-order chi connectivity index (χ0) is 46.4. The Labute approximate surface area is 373 Å². The quantitative estimate of drug-likeness (QED) is 0.123. The fourth-order valence-corrected chi connectivity index (χ4v) is 7.78. The second kappa shape index (κ2) is 15.0. The van der Waals surface area contributed by atoms with Crippen LogP contribution in [0.3, 0.4) is 0 Å². The van der Waals surface area contributed by atoms with Crippen LogP contribution in [-0.2, 0) is 37.8 Å². The number of aryl methyl sites for hydroxylation is 2. The molecule has 3 aromatic heterocycles. The van der Waals surface area contributed by atoms with Gasteiger partial charge in [0.15, 0.2) is 0 Å². The van der Waals surface area contributed by atoms with Gasteiger partial charge >= 0.3 is 27.1 Å². The molecule has 8 aromatic rings. The zero-order valence-electron chi connectivity index (χ0n) is 39.9. The summed E-state index contributed by atoms with van der Waals surface area (Å²) in [5, 5.41) is 1.48. The van der Waals surface area contributed by atoms with Crippen LogP contribution in [0.15, 0.2) is 128 Å². The Bertz CT molecular complexity index is 3270. The van der Waals surface area contributed by atoms with E-state index in [2.05, 4.69) is 43.9 Å². The van der Waals surface area contributed by atoms with Gasteiger partial charge in [-0.3, -0.25) is 4.98 Å². The average molecular weight is 979 g/mol. The van der Waals surface area contributed by atoms with E-state index < -0.39 is 25.0 Å².